The lowest BCUT2D eigenvalue weighted by Gasteiger charge is -2.44. The molecule has 0 aromatic heterocycles. The molecule has 1 fully saturated rings. The van der Waals surface area contributed by atoms with Gasteiger partial charge in [-0.2, -0.15) is 0 Å². The summed E-state index contributed by atoms with van der Waals surface area (Å²) in [5.41, 5.74) is 2.62. The standard InChI is InChI=1S/C23H30N2O/c1-19-17-24(23(26)14-13-21-9-5-3-6-10-21)18-20(2)25(19)16-15-22-11-7-4-8-12-22/h3-12,19-20H,13-18H2,1-2H3. The highest BCUT2D eigenvalue weighted by atomic mass is 16.2. The SMILES string of the molecule is CC1CN(C(=O)CCc2ccccc2)CC(C)N1CCc1ccccc1. The van der Waals surface area contributed by atoms with E-state index in [2.05, 4.69) is 66.1 Å². The number of benzene rings is 2. The van der Waals surface area contributed by atoms with Gasteiger partial charge in [0.2, 0.25) is 5.91 Å². The lowest BCUT2D eigenvalue weighted by atomic mass is 10.0. The minimum atomic E-state index is 0.287. The molecule has 0 radical (unpaired) electrons. The first-order valence-corrected chi connectivity index (χ1v) is 9.75. The number of carbonyl (C=O) groups is 1. The maximum absolute atomic E-state index is 12.7. The fraction of sp³-hybridized carbons (Fsp3) is 0.435. The number of nitrogens with zero attached hydrogens (tertiary/aromatic N) is 2. The molecular formula is C23H30N2O. The zero-order chi connectivity index (χ0) is 18.4. The third-order valence-electron chi connectivity index (χ3n) is 5.43. The molecule has 0 aliphatic carbocycles. The highest BCUT2D eigenvalue weighted by molar-refractivity contribution is 5.76. The summed E-state index contributed by atoms with van der Waals surface area (Å²) in [6.07, 6.45) is 2.50. The lowest BCUT2D eigenvalue weighted by molar-refractivity contribution is -0.135. The number of hydrogen-bond acceptors (Lipinski definition) is 2. The molecule has 2 aromatic carbocycles. The second-order valence-corrected chi connectivity index (χ2v) is 7.46. The van der Waals surface area contributed by atoms with Crippen molar-refractivity contribution in [2.75, 3.05) is 19.6 Å². The first-order chi connectivity index (χ1) is 12.6. The van der Waals surface area contributed by atoms with Crippen molar-refractivity contribution >= 4 is 5.91 Å². The van der Waals surface area contributed by atoms with Gasteiger partial charge in [-0.1, -0.05) is 60.7 Å². The monoisotopic (exact) mass is 350 g/mol. The number of hydrogen-bond donors (Lipinski definition) is 0. The molecule has 2 aromatic rings. The average Bonchev–Trinajstić information content (AvgIpc) is 2.67. The third-order valence-corrected chi connectivity index (χ3v) is 5.43. The Bertz CT molecular complexity index is 674. The molecule has 138 valence electrons. The van der Waals surface area contributed by atoms with E-state index in [0.29, 0.717) is 18.5 Å². The number of piperazine rings is 1. The summed E-state index contributed by atoms with van der Waals surface area (Å²) >= 11 is 0. The van der Waals surface area contributed by atoms with E-state index in [0.717, 1.165) is 32.5 Å². The Kier molecular flexibility index (Phi) is 6.45. The van der Waals surface area contributed by atoms with Gasteiger partial charge in [0.1, 0.15) is 0 Å². The fourth-order valence-electron chi connectivity index (χ4n) is 3.96. The van der Waals surface area contributed by atoms with Crippen molar-refractivity contribution in [1.82, 2.24) is 9.80 Å². The van der Waals surface area contributed by atoms with E-state index in [-0.39, 0.29) is 5.91 Å². The van der Waals surface area contributed by atoms with E-state index in [4.69, 9.17) is 0 Å². The van der Waals surface area contributed by atoms with Gasteiger partial charge in [0, 0.05) is 38.1 Å². The minimum absolute atomic E-state index is 0.287. The molecule has 0 N–H and O–H groups in total. The second kappa shape index (κ2) is 9.00. The van der Waals surface area contributed by atoms with Gasteiger partial charge in [-0.3, -0.25) is 9.69 Å². The molecule has 26 heavy (non-hydrogen) atoms. The maximum Gasteiger partial charge on any atom is 0.223 e. The van der Waals surface area contributed by atoms with Crippen LogP contribution in [0.1, 0.15) is 31.4 Å². The quantitative estimate of drug-likeness (QED) is 0.791. The summed E-state index contributed by atoms with van der Waals surface area (Å²) < 4.78 is 0. The Labute approximate surface area is 157 Å². The number of rotatable bonds is 6. The van der Waals surface area contributed by atoms with Gasteiger partial charge in [0.05, 0.1) is 0 Å². The van der Waals surface area contributed by atoms with Crippen LogP contribution in [0, 0.1) is 0 Å². The molecule has 1 heterocycles. The Morgan fingerprint density at radius 1 is 0.846 bits per heavy atom. The summed E-state index contributed by atoms with van der Waals surface area (Å²) in [6, 6.07) is 21.8. The zero-order valence-corrected chi connectivity index (χ0v) is 16.0. The van der Waals surface area contributed by atoms with Gasteiger partial charge in [0.25, 0.3) is 0 Å². The van der Waals surface area contributed by atoms with E-state index in [1.807, 2.05) is 18.2 Å². The normalized spacial score (nSPS) is 20.9. The van der Waals surface area contributed by atoms with Gasteiger partial charge < -0.3 is 4.90 Å². The molecule has 3 nitrogen and oxygen atoms in total. The molecule has 1 aliphatic rings. The summed E-state index contributed by atoms with van der Waals surface area (Å²) in [7, 11) is 0. The van der Waals surface area contributed by atoms with E-state index >= 15 is 0 Å². The molecule has 3 rings (SSSR count). The van der Waals surface area contributed by atoms with Crippen molar-refractivity contribution in [3.8, 4) is 0 Å². The first kappa shape index (κ1) is 18.7. The smallest absolute Gasteiger partial charge is 0.223 e. The van der Waals surface area contributed by atoms with Crippen LogP contribution >= 0.6 is 0 Å². The van der Waals surface area contributed by atoms with Crippen LogP contribution in [0.3, 0.4) is 0 Å². The van der Waals surface area contributed by atoms with Crippen LogP contribution in [0.4, 0.5) is 0 Å². The molecule has 3 heteroatoms. The molecular weight excluding hydrogens is 320 g/mol. The molecule has 0 spiro atoms. The van der Waals surface area contributed by atoms with Crippen molar-refractivity contribution in [2.45, 2.75) is 45.2 Å². The molecule has 0 bridgehead atoms. The predicted octanol–water partition coefficient (Wildman–Crippen LogP) is 3.78. The van der Waals surface area contributed by atoms with E-state index in [1.54, 1.807) is 0 Å². The second-order valence-electron chi connectivity index (χ2n) is 7.46. The molecule has 1 saturated heterocycles. The van der Waals surface area contributed by atoms with Crippen LogP contribution in [0.5, 0.6) is 0 Å². The number of amides is 1. The van der Waals surface area contributed by atoms with E-state index in [9.17, 15) is 4.79 Å². The molecule has 0 saturated carbocycles. The van der Waals surface area contributed by atoms with Gasteiger partial charge in [-0.25, -0.2) is 0 Å². The van der Waals surface area contributed by atoms with Crippen LogP contribution in [-0.2, 0) is 17.6 Å². The maximum atomic E-state index is 12.7. The van der Waals surface area contributed by atoms with Gasteiger partial charge >= 0.3 is 0 Å². The summed E-state index contributed by atoms with van der Waals surface area (Å²) in [5, 5.41) is 0. The van der Waals surface area contributed by atoms with Gasteiger partial charge in [-0.15, -0.1) is 0 Å². The topological polar surface area (TPSA) is 23.6 Å². The minimum Gasteiger partial charge on any atom is -0.340 e. The molecule has 1 aliphatic heterocycles. The van der Waals surface area contributed by atoms with Crippen LogP contribution in [0.15, 0.2) is 60.7 Å². The highest BCUT2D eigenvalue weighted by Gasteiger charge is 2.31. The van der Waals surface area contributed by atoms with Crippen molar-refractivity contribution in [1.29, 1.82) is 0 Å². The zero-order valence-electron chi connectivity index (χ0n) is 16.0. The fourth-order valence-corrected chi connectivity index (χ4v) is 3.96. The molecule has 2 atom stereocenters. The Morgan fingerprint density at radius 3 is 1.88 bits per heavy atom. The average molecular weight is 351 g/mol. The van der Waals surface area contributed by atoms with E-state index in [1.165, 1.54) is 11.1 Å². The highest BCUT2D eigenvalue weighted by Crippen LogP contribution is 2.18. The van der Waals surface area contributed by atoms with Gasteiger partial charge in [-0.05, 0) is 37.8 Å². The van der Waals surface area contributed by atoms with Crippen LogP contribution in [-0.4, -0.2) is 47.4 Å². The first-order valence-electron chi connectivity index (χ1n) is 9.75. The Balaban J connectivity index is 1.50. The largest absolute Gasteiger partial charge is 0.340 e. The van der Waals surface area contributed by atoms with Crippen molar-refractivity contribution in [3.63, 3.8) is 0 Å². The number of carbonyl (C=O) groups excluding carboxylic acids is 1. The Morgan fingerprint density at radius 2 is 1.35 bits per heavy atom. The van der Waals surface area contributed by atoms with Crippen LogP contribution < -0.4 is 0 Å². The molecule has 2 unspecified atom stereocenters. The summed E-state index contributed by atoms with van der Waals surface area (Å²) in [4.78, 5) is 17.3. The van der Waals surface area contributed by atoms with Crippen LogP contribution in [0.25, 0.3) is 0 Å². The summed E-state index contributed by atoms with van der Waals surface area (Å²) in [6.45, 7) is 7.23. The Hall–Kier alpha value is -2.13. The molecule has 1 amide bonds. The van der Waals surface area contributed by atoms with E-state index < -0.39 is 0 Å². The summed E-state index contributed by atoms with van der Waals surface area (Å²) in [5.74, 6) is 0.287. The lowest BCUT2D eigenvalue weighted by Crippen LogP contribution is -2.58. The van der Waals surface area contributed by atoms with Crippen LogP contribution in [0.2, 0.25) is 0 Å². The van der Waals surface area contributed by atoms with Crippen molar-refractivity contribution in [2.24, 2.45) is 0 Å². The third kappa shape index (κ3) is 4.95. The predicted molar refractivity (Wildman–Crippen MR) is 107 cm³/mol. The van der Waals surface area contributed by atoms with Crippen molar-refractivity contribution in [3.05, 3.63) is 71.8 Å². The van der Waals surface area contributed by atoms with Gasteiger partial charge in [0.15, 0.2) is 0 Å². The number of aryl methyl sites for hydroxylation is 1. The van der Waals surface area contributed by atoms with Crippen molar-refractivity contribution < 1.29 is 4.79 Å².